The highest BCUT2D eigenvalue weighted by Crippen LogP contribution is 2.35. The van der Waals surface area contributed by atoms with Crippen molar-refractivity contribution in [2.45, 2.75) is 45.4 Å². The number of unbranched alkanes of at least 4 members (excludes halogenated alkanes) is 3. The number of hydrogen-bond donors (Lipinski definition) is 2. The molecule has 0 aromatic heterocycles. The average Bonchev–Trinajstić information content (AvgIpc) is 2.23. The molecule has 0 bridgehead atoms. The largest absolute Gasteiger partial charge is 0.469 e. The summed E-state index contributed by atoms with van der Waals surface area (Å²) in [5, 5.41) is 0. The van der Waals surface area contributed by atoms with Gasteiger partial charge in [0.2, 0.25) is 0 Å². The summed E-state index contributed by atoms with van der Waals surface area (Å²) in [5.74, 6) is -0.182. The van der Waals surface area contributed by atoms with Crippen molar-refractivity contribution < 1.29 is 28.4 Å². The summed E-state index contributed by atoms with van der Waals surface area (Å²) >= 11 is 0. The zero-order chi connectivity index (χ0) is 13.1. The summed E-state index contributed by atoms with van der Waals surface area (Å²) in [5.41, 5.74) is 0. The first kappa shape index (κ1) is 16.6. The summed E-state index contributed by atoms with van der Waals surface area (Å²) in [6.07, 6.45) is 4.20. The molecule has 0 spiro atoms. The first-order chi connectivity index (χ1) is 7.95. The molecule has 0 fully saturated rings. The molecule has 7 heteroatoms. The van der Waals surface area contributed by atoms with Crippen LogP contribution in [-0.2, 0) is 18.6 Å². The van der Waals surface area contributed by atoms with Crippen molar-refractivity contribution in [1.29, 1.82) is 0 Å². The van der Waals surface area contributed by atoms with Crippen LogP contribution in [0.4, 0.5) is 0 Å². The Morgan fingerprint density at radius 2 is 1.76 bits per heavy atom. The number of phosphoric acid groups is 1. The minimum atomic E-state index is -4.33. The van der Waals surface area contributed by atoms with Gasteiger partial charge in [0.15, 0.2) is 0 Å². The summed E-state index contributed by atoms with van der Waals surface area (Å²) in [7, 11) is -4.33. The second-order valence-electron chi connectivity index (χ2n) is 3.71. The van der Waals surface area contributed by atoms with E-state index < -0.39 is 7.82 Å². The fourth-order valence-electron chi connectivity index (χ4n) is 1.14. The van der Waals surface area contributed by atoms with Gasteiger partial charge in [0.25, 0.3) is 0 Å². The van der Waals surface area contributed by atoms with E-state index in [-0.39, 0.29) is 12.6 Å². The third kappa shape index (κ3) is 13.5. The average molecular weight is 268 g/mol. The summed E-state index contributed by atoms with van der Waals surface area (Å²) in [6.45, 7) is 2.39. The van der Waals surface area contributed by atoms with E-state index in [0.29, 0.717) is 32.3 Å². The van der Waals surface area contributed by atoms with E-state index in [4.69, 9.17) is 14.5 Å². The van der Waals surface area contributed by atoms with Crippen LogP contribution in [0.3, 0.4) is 0 Å². The Morgan fingerprint density at radius 1 is 1.12 bits per heavy atom. The van der Waals surface area contributed by atoms with Crippen LogP contribution in [0, 0.1) is 0 Å². The van der Waals surface area contributed by atoms with E-state index in [9.17, 15) is 9.36 Å². The quantitative estimate of drug-likeness (QED) is 0.357. The third-order valence-electron chi connectivity index (χ3n) is 2.05. The summed E-state index contributed by atoms with van der Waals surface area (Å²) in [6, 6.07) is 0. The van der Waals surface area contributed by atoms with E-state index >= 15 is 0 Å². The van der Waals surface area contributed by atoms with Gasteiger partial charge in [0, 0.05) is 6.42 Å². The normalized spacial score (nSPS) is 11.5. The molecule has 0 saturated carbocycles. The Labute approximate surface area is 102 Å². The van der Waals surface area contributed by atoms with E-state index in [0.717, 1.165) is 12.8 Å². The number of esters is 1. The minimum absolute atomic E-state index is 0.0219. The second-order valence-corrected chi connectivity index (χ2v) is 4.95. The molecule has 0 amide bonds. The lowest BCUT2D eigenvalue weighted by Crippen LogP contribution is -2.05. The lowest BCUT2D eigenvalue weighted by Gasteiger charge is -2.05. The van der Waals surface area contributed by atoms with Gasteiger partial charge >= 0.3 is 13.8 Å². The highest BCUT2D eigenvalue weighted by Gasteiger charge is 2.12. The molecule has 6 nitrogen and oxygen atoms in total. The number of ether oxygens (including phenoxy) is 1. The van der Waals surface area contributed by atoms with Crippen LogP contribution >= 0.6 is 7.82 Å². The van der Waals surface area contributed by atoms with Crippen LogP contribution in [0.1, 0.15) is 45.4 Å². The third-order valence-corrected chi connectivity index (χ3v) is 2.56. The fraction of sp³-hybridized carbons (Fsp3) is 0.900. The molecule has 0 unspecified atom stereocenters. The molecular formula is C10H21O6P. The highest BCUT2D eigenvalue weighted by molar-refractivity contribution is 7.46. The van der Waals surface area contributed by atoms with Gasteiger partial charge in [-0.3, -0.25) is 9.32 Å². The zero-order valence-electron chi connectivity index (χ0n) is 10.1. The molecule has 0 aromatic rings. The number of rotatable bonds is 10. The molecule has 17 heavy (non-hydrogen) atoms. The lowest BCUT2D eigenvalue weighted by atomic mass is 10.2. The fourth-order valence-corrected chi connectivity index (χ4v) is 1.51. The molecule has 0 aliphatic rings. The highest BCUT2D eigenvalue weighted by atomic mass is 31.2. The van der Waals surface area contributed by atoms with Gasteiger partial charge in [-0.25, -0.2) is 4.57 Å². The first-order valence-electron chi connectivity index (χ1n) is 5.81. The van der Waals surface area contributed by atoms with Crippen LogP contribution in [0.2, 0.25) is 0 Å². The summed E-state index contributed by atoms with van der Waals surface area (Å²) < 4.78 is 19.5. The Kier molecular flexibility index (Phi) is 9.36. The molecule has 0 radical (unpaired) electrons. The van der Waals surface area contributed by atoms with Crippen molar-refractivity contribution in [1.82, 2.24) is 0 Å². The predicted octanol–water partition coefficient (Wildman–Crippen LogP) is 2.00. The van der Waals surface area contributed by atoms with E-state index in [1.165, 1.54) is 0 Å². The van der Waals surface area contributed by atoms with E-state index in [1.54, 1.807) is 0 Å². The van der Waals surface area contributed by atoms with Crippen molar-refractivity contribution >= 4 is 13.8 Å². The Balaban J connectivity index is 3.24. The zero-order valence-corrected chi connectivity index (χ0v) is 11.0. The topological polar surface area (TPSA) is 93.1 Å². The number of phosphoric ester groups is 1. The molecular weight excluding hydrogens is 247 g/mol. The van der Waals surface area contributed by atoms with Crippen LogP contribution in [0.5, 0.6) is 0 Å². The monoisotopic (exact) mass is 268 g/mol. The number of carbonyl (C=O) groups excluding carboxylic acids is 1. The Hall–Kier alpha value is -0.420. The van der Waals surface area contributed by atoms with Crippen molar-refractivity contribution in [3.63, 3.8) is 0 Å². The van der Waals surface area contributed by atoms with Gasteiger partial charge in [-0.2, -0.15) is 0 Å². The molecule has 0 aliphatic carbocycles. The van der Waals surface area contributed by atoms with Crippen molar-refractivity contribution in [2.75, 3.05) is 13.2 Å². The molecule has 0 atom stereocenters. The molecule has 102 valence electrons. The predicted molar refractivity (Wildman–Crippen MR) is 62.3 cm³/mol. The number of carbonyl (C=O) groups is 1. The maximum Gasteiger partial charge on any atom is 0.469 e. The van der Waals surface area contributed by atoms with Crippen LogP contribution in [0.25, 0.3) is 0 Å². The molecule has 0 saturated heterocycles. The van der Waals surface area contributed by atoms with Gasteiger partial charge in [-0.15, -0.1) is 0 Å². The van der Waals surface area contributed by atoms with Crippen LogP contribution in [-0.4, -0.2) is 29.0 Å². The maximum absolute atomic E-state index is 11.1. The molecule has 0 heterocycles. The molecule has 0 rings (SSSR count). The van der Waals surface area contributed by atoms with Crippen molar-refractivity contribution in [3.8, 4) is 0 Å². The SMILES string of the molecule is CCCCC(=O)OCCCCCOP(=O)(O)O. The molecule has 0 aliphatic heterocycles. The lowest BCUT2D eigenvalue weighted by molar-refractivity contribution is -0.143. The van der Waals surface area contributed by atoms with Gasteiger partial charge in [-0.1, -0.05) is 13.3 Å². The van der Waals surface area contributed by atoms with Crippen molar-refractivity contribution in [2.24, 2.45) is 0 Å². The first-order valence-corrected chi connectivity index (χ1v) is 7.34. The Morgan fingerprint density at radius 3 is 2.35 bits per heavy atom. The van der Waals surface area contributed by atoms with Gasteiger partial charge < -0.3 is 14.5 Å². The van der Waals surface area contributed by atoms with Crippen LogP contribution in [0.15, 0.2) is 0 Å². The Bertz CT molecular complexity index is 249. The second kappa shape index (κ2) is 9.59. The standard InChI is InChI=1S/C10H21O6P/c1-2-3-7-10(11)15-8-5-4-6-9-16-17(12,13)14/h2-9H2,1H3,(H2,12,13,14). The number of hydrogen-bond acceptors (Lipinski definition) is 4. The molecule has 0 aromatic carbocycles. The van der Waals surface area contributed by atoms with Crippen LogP contribution < -0.4 is 0 Å². The van der Waals surface area contributed by atoms with Crippen molar-refractivity contribution in [3.05, 3.63) is 0 Å². The van der Waals surface area contributed by atoms with E-state index in [2.05, 4.69) is 4.52 Å². The summed E-state index contributed by atoms with van der Waals surface area (Å²) in [4.78, 5) is 27.9. The smallest absolute Gasteiger partial charge is 0.466 e. The van der Waals surface area contributed by atoms with Gasteiger partial charge in [-0.05, 0) is 25.7 Å². The van der Waals surface area contributed by atoms with Gasteiger partial charge in [0.05, 0.1) is 13.2 Å². The van der Waals surface area contributed by atoms with E-state index in [1.807, 2.05) is 6.92 Å². The van der Waals surface area contributed by atoms with Gasteiger partial charge in [0.1, 0.15) is 0 Å². The minimum Gasteiger partial charge on any atom is -0.466 e. The molecule has 2 N–H and O–H groups in total. The maximum atomic E-state index is 11.1.